The monoisotopic (exact) mass is 283 g/mol. The number of hydrogen-bond donors (Lipinski definition) is 1. The number of nitrogens with two attached hydrogens (primary N) is 1. The van der Waals surface area contributed by atoms with Crippen molar-refractivity contribution in [1.29, 1.82) is 0 Å². The molecule has 0 saturated heterocycles. The molecule has 0 amide bonds. The van der Waals surface area contributed by atoms with Crippen LogP contribution in [0.1, 0.15) is 54.2 Å². The predicted octanol–water partition coefficient (Wildman–Crippen LogP) is 3.40. The van der Waals surface area contributed by atoms with Crippen LogP contribution in [0.3, 0.4) is 0 Å². The van der Waals surface area contributed by atoms with E-state index in [1.54, 1.807) is 12.1 Å². The third-order valence-electron chi connectivity index (χ3n) is 4.22. The zero-order valence-electron chi connectivity index (χ0n) is 12.2. The van der Waals surface area contributed by atoms with Crippen molar-refractivity contribution in [3.8, 4) is 0 Å². The molecule has 4 nitrogen and oxygen atoms in total. The van der Waals surface area contributed by atoms with Crippen LogP contribution in [0.4, 0.5) is 5.69 Å². The number of carbonyl (C=O) groups excluding carboxylic acids is 1. The summed E-state index contributed by atoms with van der Waals surface area (Å²) in [6.07, 6.45) is 8.59. The summed E-state index contributed by atoms with van der Waals surface area (Å²) in [5.74, 6) is 0.0296. The Kier molecular flexibility index (Phi) is 4.04. The van der Waals surface area contributed by atoms with Crippen molar-refractivity contribution in [2.45, 2.75) is 44.6 Å². The van der Waals surface area contributed by atoms with Crippen LogP contribution in [0.5, 0.6) is 0 Å². The van der Waals surface area contributed by atoms with Crippen LogP contribution in [-0.4, -0.2) is 15.6 Å². The molecule has 1 aliphatic rings. The van der Waals surface area contributed by atoms with E-state index in [-0.39, 0.29) is 5.78 Å². The van der Waals surface area contributed by atoms with Crippen molar-refractivity contribution in [3.05, 3.63) is 47.8 Å². The average Bonchev–Trinajstić information content (AvgIpc) is 2.97. The minimum atomic E-state index is 0.0296. The maximum atomic E-state index is 12.3. The standard InChI is InChI=1S/C17H21N3O/c18-16-9-5-4-8-15(16)17(21)12-13-10-11-20(19-13)14-6-2-1-3-7-14/h4-5,8-11,14H,1-3,6-7,12,18H2. The highest BCUT2D eigenvalue weighted by molar-refractivity contribution is 6.01. The highest BCUT2D eigenvalue weighted by Crippen LogP contribution is 2.27. The Balaban J connectivity index is 1.69. The Morgan fingerprint density at radius 1 is 1.19 bits per heavy atom. The molecule has 110 valence electrons. The maximum Gasteiger partial charge on any atom is 0.170 e. The number of ketones is 1. The zero-order chi connectivity index (χ0) is 14.7. The van der Waals surface area contributed by atoms with E-state index in [2.05, 4.69) is 5.10 Å². The summed E-state index contributed by atoms with van der Waals surface area (Å²) in [6.45, 7) is 0. The van der Waals surface area contributed by atoms with Gasteiger partial charge in [0.15, 0.2) is 5.78 Å². The van der Waals surface area contributed by atoms with Crippen LogP contribution >= 0.6 is 0 Å². The number of aromatic nitrogens is 2. The first-order chi connectivity index (χ1) is 10.2. The summed E-state index contributed by atoms with van der Waals surface area (Å²) >= 11 is 0. The SMILES string of the molecule is Nc1ccccc1C(=O)Cc1ccn(C2CCCCC2)n1. The third-order valence-corrected chi connectivity index (χ3v) is 4.22. The Bertz CT molecular complexity index is 626. The number of anilines is 1. The lowest BCUT2D eigenvalue weighted by Crippen LogP contribution is -2.14. The van der Waals surface area contributed by atoms with Gasteiger partial charge in [-0.05, 0) is 31.0 Å². The molecule has 0 spiro atoms. The summed E-state index contributed by atoms with van der Waals surface area (Å²) in [5.41, 5.74) is 7.80. The number of Topliss-reactive ketones (excluding diaryl/α,β-unsaturated/α-hetero) is 1. The molecule has 0 radical (unpaired) electrons. The minimum Gasteiger partial charge on any atom is -0.398 e. The van der Waals surface area contributed by atoms with E-state index in [0.29, 0.717) is 23.7 Å². The minimum absolute atomic E-state index is 0.0296. The first-order valence-corrected chi connectivity index (χ1v) is 7.66. The Hall–Kier alpha value is -2.10. The number of para-hydroxylation sites is 1. The molecule has 1 heterocycles. The van der Waals surface area contributed by atoms with Crippen LogP contribution in [0.2, 0.25) is 0 Å². The quantitative estimate of drug-likeness (QED) is 0.691. The van der Waals surface area contributed by atoms with Gasteiger partial charge in [-0.1, -0.05) is 31.4 Å². The molecule has 0 aliphatic heterocycles. The lowest BCUT2D eigenvalue weighted by Gasteiger charge is -2.21. The molecule has 2 N–H and O–H groups in total. The van der Waals surface area contributed by atoms with E-state index >= 15 is 0 Å². The first-order valence-electron chi connectivity index (χ1n) is 7.66. The van der Waals surface area contributed by atoms with Gasteiger partial charge in [0.25, 0.3) is 0 Å². The molecular weight excluding hydrogens is 262 g/mol. The predicted molar refractivity (Wildman–Crippen MR) is 83.2 cm³/mol. The number of benzene rings is 1. The van der Waals surface area contributed by atoms with Gasteiger partial charge in [-0.25, -0.2) is 0 Å². The Labute approximate surface area is 125 Å². The third kappa shape index (κ3) is 3.15. The van der Waals surface area contributed by atoms with Crippen LogP contribution in [-0.2, 0) is 6.42 Å². The van der Waals surface area contributed by atoms with E-state index in [4.69, 9.17) is 5.73 Å². The lowest BCUT2D eigenvalue weighted by atomic mass is 9.96. The van der Waals surface area contributed by atoms with E-state index in [1.807, 2.05) is 29.1 Å². The normalized spacial score (nSPS) is 16.0. The van der Waals surface area contributed by atoms with Crippen molar-refractivity contribution in [2.75, 3.05) is 5.73 Å². The smallest absolute Gasteiger partial charge is 0.170 e. The fourth-order valence-corrected chi connectivity index (χ4v) is 3.03. The van der Waals surface area contributed by atoms with Gasteiger partial charge in [0, 0.05) is 17.4 Å². The van der Waals surface area contributed by atoms with Gasteiger partial charge in [0.2, 0.25) is 0 Å². The summed E-state index contributed by atoms with van der Waals surface area (Å²) in [6, 6.07) is 9.66. The van der Waals surface area contributed by atoms with Gasteiger partial charge in [-0.15, -0.1) is 0 Å². The molecule has 3 rings (SSSR count). The molecular formula is C17H21N3O. The van der Waals surface area contributed by atoms with E-state index < -0.39 is 0 Å². The van der Waals surface area contributed by atoms with Crippen molar-refractivity contribution in [3.63, 3.8) is 0 Å². The van der Waals surface area contributed by atoms with Crippen LogP contribution in [0, 0.1) is 0 Å². The number of hydrogen-bond acceptors (Lipinski definition) is 3. The highest BCUT2D eigenvalue weighted by Gasteiger charge is 2.17. The van der Waals surface area contributed by atoms with Crippen LogP contribution < -0.4 is 5.73 Å². The molecule has 1 fully saturated rings. The van der Waals surface area contributed by atoms with Gasteiger partial charge in [0.1, 0.15) is 0 Å². The van der Waals surface area contributed by atoms with Gasteiger partial charge < -0.3 is 5.73 Å². The zero-order valence-corrected chi connectivity index (χ0v) is 12.2. The van der Waals surface area contributed by atoms with Crippen LogP contribution in [0.15, 0.2) is 36.5 Å². The first kappa shape index (κ1) is 13.9. The topological polar surface area (TPSA) is 60.9 Å². The molecule has 0 atom stereocenters. The molecule has 0 bridgehead atoms. The van der Waals surface area contributed by atoms with E-state index in [9.17, 15) is 4.79 Å². The van der Waals surface area contributed by atoms with Crippen molar-refractivity contribution in [1.82, 2.24) is 9.78 Å². The summed E-state index contributed by atoms with van der Waals surface area (Å²) in [4.78, 5) is 12.3. The molecule has 1 aromatic carbocycles. The number of carbonyl (C=O) groups is 1. The summed E-state index contributed by atoms with van der Waals surface area (Å²) in [5, 5.41) is 4.58. The molecule has 1 aromatic heterocycles. The highest BCUT2D eigenvalue weighted by atomic mass is 16.1. The molecule has 4 heteroatoms. The second-order valence-corrected chi connectivity index (χ2v) is 5.77. The summed E-state index contributed by atoms with van der Waals surface area (Å²) < 4.78 is 2.04. The molecule has 0 unspecified atom stereocenters. The van der Waals surface area contributed by atoms with Crippen molar-refractivity contribution in [2.24, 2.45) is 0 Å². The lowest BCUT2D eigenvalue weighted by molar-refractivity contribution is 0.0992. The van der Waals surface area contributed by atoms with Gasteiger partial charge in [-0.3, -0.25) is 9.48 Å². The Morgan fingerprint density at radius 3 is 2.71 bits per heavy atom. The average molecular weight is 283 g/mol. The fraction of sp³-hybridized carbons (Fsp3) is 0.412. The van der Waals surface area contributed by atoms with E-state index in [1.165, 1.54) is 32.1 Å². The molecule has 2 aromatic rings. The van der Waals surface area contributed by atoms with Gasteiger partial charge in [-0.2, -0.15) is 5.10 Å². The van der Waals surface area contributed by atoms with Gasteiger partial charge >= 0.3 is 0 Å². The number of nitrogens with zero attached hydrogens (tertiary/aromatic N) is 2. The second-order valence-electron chi connectivity index (χ2n) is 5.77. The second kappa shape index (κ2) is 6.12. The number of rotatable bonds is 4. The van der Waals surface area contributed by atoms with Crippen LogP contribution in [0.25, 0.3) is 0 Å². The molecule has 1 saturated carbocycles. The number of nitrogen functional groups attached to an aromatic ring is 1. The van der Waals surface area contributed by atoms with Crippen molar-refractivity contribution >= 4 is 11.5 Å². The van der Waals surface area contributed by atoms with Crippen molar-refractivity contribution < 1.29 is 4.79 Å². The fourth-order valence-electron chi connectivity index (χ4n) is 3.03. The maximum absolute atomic E-state index is 12.3. The largest absolute Gasteiger partial charge is 0.398 e. The summed E-state index contributed by atoms with van der Waals surface area (Å²) in [7, 11) is 0. The Morgan fingerprint density at radius 2 is 1.95 bits per heavy atom. The van der Waals surface area contributed by atoms with Gasteiger partial charge in [0.05, 0.1) is 18.2 Å². The molecule has 1 aliphatic carbocycles. The molecule has 21 heavy (non-hydrogen) atoms. The van der Waals surface area contributed by atoms with E-state index in [0.717, 1.165) is 5.69 Å².